The molecule has 1 fully saturated rings. The van der Waals surface area contributed by atoms with E-state index < -0.39 is 0 Å². The van der Waals surface area contributed by atoms with Crippen molar-refractivity contribution in [2.45, 2.75) is 18.2 Å². The molecule has 1 saturated carbocycles. The molecule has 92 valence electrons. The third-order valence-electron chi connectivity index (χ3n) is 2.80. The minimum atomic E-state index is -0.328. The molecule has 0 aromatic heterocycles. The molecule has 1 atom stereocenters. The van der Waals surface area contributed by atoms with Crippen molar-refractivity contribution in [1.82, 2.24) is 5.32 Å². The summed E-state index contributed by atoms with van der Waals surface area (Å²) in [6, 6.07) is 4.40. The third-order valence-corrected chi connectivity index (χ3v) is 3.54. The highest BCUT2D eigenvalue weighted by molar-refractivity contribution is 6.30. The van der Waals surface area contributed by atoms with Crippen LogP contribution >= 0.6 is 23.2 Å². The molecule has 2 rings (SSSR count). The number of carbonyl (C=O) groups excluding carboxylic acids is 1. The van der Waals surface area contributed by atoms with Crippen LogP contribution in [0.5, 0.6) is 5.75 Å². The number of hydrogen-bond acceptors (Lipinski definition) is 2. The average molecular weight is 274 g/mol. The SMILES string of the molecule is O=C(NCC(Cl)C1CC1)c1ccc(Cl)cc1O. The largest absolute Gasteiger partial charge is 0.507 e. The first-order valence-electron chi connectivity index (χ1n) is 5.48. The number of rotatable bonds is 4. The first-order chi connectivity index (χ1) is 8.08. The monoisotopic (exact) mass is 273 g/mol. The van der Waals surface area contributed by atoms with Crippen molar-refractivity contribution in [2.24, 2.45) is 5.92 Å². The lowest BCUT2D eigenvalue weighted by atomic mass is 10.2. The molecule has 3 nitrogen and oxygen atoms in total. The van der Waals surface area contributed by atoms with Gasteiger partial charge in [0.2, 0.25) is 0 Å². The maximum atomic E-state index is 11.8. The van der Waals surface area contributed by atoms with Gasteiger partial charge in [0.1, 0.15) is 5.75 Å². The van der Waals surface area contributed by atoms with Gasteiger partial charge in [-0.1, -0.05) is 11.6 Å². The number of carbonyl (C=O) groups is 1. The summed E-state index contributed by atoms with van der Waals surface area (Å²) in [5, 5.41) is 12.7. The summed E-state index contributed by atoms with van der Waals surface area (Å²) in [4.78, 5) is 11.8. The van der Waals surface area contributed by atoms with E-state index in [1.807, 2.05) is 0 Å². The van der Waals surface area contributed by atoms with Crippen molar-refractivity contribution in [3.63, 3.8) is 0 Å². The van der Waals surface area contributed by atoms with Gasteiger partial charge in [0.15, 0.2) is 0 Å². The minimum absolute atomic E-state index is 0.0200. The maximum Gasteiger partial charge on any atom is 0.255 e. The Morgan fingerprint density at radius 1 is 1.53 bits per heavy atom. The van der Waals surface area contributed by atoms with Crippen molar-refractivity contribution in [3.05, 3.63) is 28.8 Å². The number of nitrogens with one attached hydrogen (secondary N) is 1. The zero-order valence-electron chi connectivity index (χ0n) is 9.12. The van der Waals surface area contributed by atoms with Gasteiger partial charge in [-0.2, -0.15) is 0 Å². The van der Waals surface area contributed by atoms with Gasteiger partial charge in [-0.15, -0.1) is 11.6 Å². The van der Waals surface area contributed by atoms with Crippen molar-refractivity contribution in [3.8, 4) is 5.75 Å². The number of aromatic hydroxyl groups is 1. The van der Waals surface area contributed by atoms with Gasteiger partial charge in [-0.3, -0.25) is 4.79 Å². The van der Waals surface area contributed by atoms with Crippen molar-refractivity contribution in [1.29, 1.82) is 0 Å². The first-order valence-corrected chi connectivity index (χ1v) is 6.30. The summed E-state index contributed by atoms with van der Waals surface area (Å²) >= 11 is 11.8. The van der Waals surface area contributed by atoms with E-state index in [0.29, 0.717) is 17.5 Å². The molecule has 17 heavy (non-hydrogen) atoms. The van der Waals surface area contributed by atoms with Crippen LogP contribution in [0.2, 0.25) is 5.02 Å². The lowest BCUT2D eigenvalue weighted by molar-refractivity contribution is 0.0950. The number of phenols is 1. The van der Waals surface area contributed by atoms with Crippen molar-refractivity contribution in [2.75, 3.05) is 6.54 Å². The molecule has 0 radical (unpaired) electrons. The second kappa shape index (κ2) is 5.15. The number of alkyl halides is 1. The summed E-state index contributed by atoms with van der Waals surface area (Å²) in [5.41, 5.74) is 0.217. The quantitative estimate of drug-likeness (QED) is 0.829. The van der Waals surface area contributed by atoms with Gasteiger partial charge in [0.05, 0.1) is 10.9 Å². The number of benzene rings is 1. The maximum absolute atomic E-state index is 11.8. The van der Waals surface area contributed by atoms with E-state index in [4.69, 9.17) is 23.2 Å². The molecule has 1 aromatic carbocycles. The number of hydrogen-bond donors (Lipinski definition) is 2. The Balaban J connectivity index is 1.94. The van der Waals surface area contributed by atoms with E-state index >= 15 is 0 Å². The highest BCUT2D eigenvalue weighted by Gasteiger charge is 2.29. The van der Waals surface area contributed by atoms with E-state index in [2.05, 4.69) is 5.32 Å². The van der Waals surface area contributed by atoms with Crippen LogP contribution in [-0.2, 0) is 0 Å². The molecular weight excluding hydrogens is 261 g/mol. The molecule has 1 aromatic rings. The van der Waals surface area contributed by atoms with Gasteiger partial charge >= 0.3 is 0 Å². The van der Waals surface area contributed by atoms with Crippen molar-refractivity contribution >= 4 is 29.1 Å². The summed E-state index contributed by atoms with van der Waals surface area (Å²) < 4.78 is 0. The molecule has 1 aliphatic carbocycles. The summed E-state index contributed by atoms with van der Waals surface area (Å²) in [7, 11) is 0. The smallest absolute Gasteiger partial charge is 0.255 e. The lowest BCUT2D eigenvalue weighted by Gasteiger charge is -2.10. The molecule has 1 aliphatic rings. The first kappa shape index (κ1) is 12.5. The number of phenolic OH excluding ortho intramolecular Hbond substituents is 1. The Bertz CT molecular complexity index is 433. The van der Waals surface area contributed by atoms with Crippen LogP contribution in [0, 0.1) is 5.92 Å². The zero-order chi connectivity index (χ0) is 12.4. The molecule has 0 spiro atoms. The van der Waals surface area contributed by atoms with Gasteiger partial charge < -0.3 is 10.4 Å². The van der Waals surface area contributed by atoms with Crippen LogP contribution in [0.4, 0.5) is 0 Å². The van der Waals surface area contributed by atoms with Gasteiger partial charge in [0.25, 0.3) is 5.91 Å². The fraction of sp³-hybridized carbons (Fsp3) is 0.417. The van der Waals surface area contributed by atoms with Crippen LogP contribution in [0.1, 0.15) is 23.2 Å². The van der Waals surface area contributed by atoms with E-state index in [9.17, 15) is 9.90 Å². The fourth-order valence-corrected chi connectivity index (χ4v) is 2.10. The molecule has 5 heteroatoms. The standard InChI is InChI=1S/C12H13Cl2NO2/c13-8-3-4-9(11(16)5-8)12(17)15-6-10(14)7-1-2-7/h3-5,7,10,16H,1-2,6H2,(H,15,17). The van der Waals surface area contributed by atoms with Gasteiger partial charge in [0, 0.05) is 11.6 Å². The zero-order valence-corrected chi connectivity index (χ0v) is 10.6. The molecule has 0 heterocycles. The highest BCUT2D eigenvalue weighted by atomic mass is 35.5. The number of amides is 1. The normalized spacial score (nSPS) is 16.6. The van der Waals surface area contributed by atoms with Crippen molar-refractivity contribution < 1.29 is 9.90 Å². The molecule has 2 N–H and O–H groups in total. The Morgan fingerprint density at radius 3 is 2.82 bits per heavy atom. The molecule has 1 unspecified atom stereocenters. The predicted octanol–water partition coefficient (Wildman–Crippen LogP) is 2.79. The van der Waals surface area contributed by atoms with E-state index in [-0.39, 0.29) is 22.6 Å². The van der Waals surface area contributed by atoms with Crippen LogP contribution in [-0.4, -0.2) is 22.9 Å². The molecule has 0 saturated heterocycles. The summed E-state index contributed by atoms with van der Waals surface area (Å²) in [6.07, 6.45) is 2.27. The van der Waals surface area contributed by atoms with Crippen LogP contribution in [0.25, 0.3) is 0 Å². The van der Waals surface area contributed by atoms with E-state index in [1.54, 1.807) is 6.07 Å². The highest BCUT2D eigenvalue weighted by Crippen LogP contribution is 2.35. The van der Waals surface area contributed by atoms with Gasteiger partial charge in [-0.05, 0) is 37.0 Å². The van der Waals surface area contributed by atoms with Gasteiger partial charge in [-0.25, -0.2) is 0 Å². The summed E-state index contributed by atoms with van der Waals surface area (Å²) in [6.45, 7) is 0.424. The molecule has 1 amide bonds. The van der Waals surface area contributed by atoms with E-state index in [1.165, 1.54) is 12.1 Å². The lowest BCUT2D eigenvalue weighted by Crippen LogP contribution is -2.30. The molecular formula is C12H13Cl2NO2. The fourth-order valence-electron chi connectivity index (χ4n) is 1.61. The Kier molecular flexibility index (Phi) is 3.79. The van der Waals surface area contributed by atoms with Crippen LogP contribution in [0.15, 0.2) is 18.2 Å². The number of halogens is 2. The van der Waals surface area contributed by atoms with Crippen LogP contribution < -0.4 is 5.32 Å². The second-order valence-corrected chi connectivity index (χ2v) is 5.22. The Hall–Kier alpha value is -0.930. The predicted molar refractivity (Wildman–Crippen MR) is 67.8 cm³/mol. The average Bonchev–Trinajstić information content (AvgIpc) is 3.09. The third kappa shape index (κ3) is 3.27. The Morgan fingerprint density at radius 2 is 2.24 bits per heavy atom. The molecule has 0 bridgehead atoms. The Labute approximate surface area is 110 Å². The second-order valence-electron chi connectivity index (χ2n) is 4.22. The minimum Gasteiger partial charge on any atom is -0.507 e. The summed E-state index contributed by atoms with van der Waals surface area (Å²) in [5.74, 6) is 0.0776. The molecule has 0 aliphatic heterocycles. The van der Waals surface area contributed by atoms with E-state index in [0.717, 1.165) is 12.8 Å². The van der Waals surface area contributed by atoms with Crippen LogP contribution in [0.3, 0.4) is 0 Å². The topological polar surface area (TPSA) is 49.3 Å².